The van der Waals surface area contributed by atoms with E-state index in [0.29, 0.717) is 19.6 Å². The number of amides is 1. The predicted octanol–water partition coefficient (Wildman–Crippen LogP) is 0.485. The molecule has 5 heteroatoms. The number of ether oxygens (including phenoxy) is 2. The van der Waals surface area contributed by atoms with Crippen LogP contribution in [0, 0.1) is 0 Å². The predicted molar refractivity (Wildman–Crippen MR) is 74.8 cm³/mol. The Morgan fingerprint density at radius 3 is 3.15 bits per heavy atom. The summed E-state index contributed by atoms with van der Waals surface area (Å²) >= 11 is 0. The Labute approximate surface area is 118 Å². The third kappa shape index (κ3) is 3.29. The van der Waals surface area contributed by atoms with E-state index in [4.69, 9.17) is 9.47 Å². The highest BCUT2D eigenvalue weighted by Crippen LogP contribution is 2.23. The lowest BCUT2D eigenvalue weighted by Gasteiger charge is -2.27. The second kappa shape index (κ2) is 6.24. The molecular weight excluding hydrogens is 256 g/mol. The average Bonchev–Trinajstić information content (AvgIpc) is 2.48. The smallest absolute Gasteiger partial charge is 0.223 e. The minimum atomic E-state index is -0.0134. The van der Waals surface area contributed by atoms with Gasteiger partial charge in [0.05, 0.1) is 25.2 Å². The van der Waals surface area contributed by atoms with Gasteiger partial charge in [0.1, 0.15) is 12.4 Å². The Morgan fingerprint density at radius 1 is 1.40 bits per heavy atom. The van der Waals surface area contributed by atoms with Crippen LogP contribution in [0.4, 0.5) is 0 Å². The quantitative estimate of drug-likeness (QED) is 0.843. The van der Waals surface area contributed by atoms with Crippen molar-refractivity contribution in [1.82, 2.24) is 10.6 Å². The Morgan fingerprint density at radius 2 is 2.30 bits per heavy atom. The maximum absolute atomic E-state index is 12.0. The van der Waals surface area contributed by atoms with E-state index >= 15 is 0 Å². The standard InChI is InChI=1S/C15H20N2O3/c18-15(8-13-9-16-5-6-19-13)17-12-7-11-3-1-2-4-14(11)20-10-12/h1-4,12-13,16H,5-10H2,(H,17,18). The van der Waals surface area contributed by atoms with Crippen molar-refractivity contribution in [3.05, 3.63) is 29.8 Å². The van der Waals surface area contributed by atoms with Gasteiger partial charge in [-0.25, -0.2) is 0 Å². The SMILES string of the molecule is O=C(CC1CNCCO1)NC1COc2ccccc2C1. The molecule has 108 valence electrons. The van der Waals surface area contributed by atoms with Crippen LogP contribution in [-0.4, -0.2) is 44.4 Å². The molecule has 3 rings (SSSR count). The first-order valence-corrected chi connectivity index (χ1v) is 7.13. The molecule has 1 fully saturated rings. The lowest BCUT2D eigenvalue weighted by atomic mass is 10.0. The highest BCUT2D eigenvalue weighted by Gasteiger charge is 2.23. The molecule has 0 aliphatic carbocycles. The van der Waals surface area contributed by atoms with E-state index in [1.807, 2.05) is 24.3 Å². The molecule has 5 nitrogen and oxygen atoms in total. The summed E-state index contributed by atoms with van der Waals surface area (Å²) in [6, 6.07) is 8.02. The summed E-state index contributed by atoms with van der Waals surface area (Å²) in [7, 11) is 0. The van der Waals surface area contributed by atoms with Gasteiger partial charge in [0.25, 0.3) is 0 Å². The maximum Gasteiger partial charge on any atom is 0.223 e. The minimum Gasteiger partial charge on any atom is -0.491 e. The van der Waals surface area contributed by atoms with Gasteiger partial charge < -0.3 is 20.1 Å². The van der Waals surface area contributed by atoms with Crippen LogP contribution in [0.5, 0.6) is 5.75 Å². The van der Waals surface area contributed by atoms with Crippen molar-refractivity contribution in [2.24, 2.45) is 0 Å². The molecule has 2 aliphatic rings. The molecule has 20 heavy (non-hydrogen) atoms. The van der Waals surface area contributed by atoms with Crippen LogP contribution in [0.2, 0.25) is 0 Å². The van der Waals surface area contributed by atoms with Crippen LogP contribution in [0.3, 0.4) is 0 Å². The van der Waals surface area contributed by atoms with Crippen LogP contribution < -0.4 is 15.4 Å². The number of hydrogen-bond donors (Lipinski definition) is 2. The van der Waals surface area contributed by atoms with E-state index in [1.54, 1.807) is 0 Å². The molecule has 1 saturated heterocycles. The summed E-state index contributed by atoms with van der Waals surface area (Å²) in [5.74, 6) is 0.962. The van der Waals surface area contributed by atoms with Gasteiger partial charge in [-0.15, -0.1) is 0 Å². The number of benzene rings is 1. The van der Waals surface area contributed by atoms with Crippen molar-refractivity contribution < 1.29 is 14.3 Å². The van der Waals surface area contributed by atoms with Gasteiger partial charge in [-0.2, -0.15) is 0 Å². The van der Waals surface area contributed by atoms with E-state index < -0.39 is 0 Å². The van der Waals surface area contributed by atoms with Gasteiger partial charge in [-0.05, 0) is 18.1 Å². The third-order valence-electron chi connectivity index (χ3n) is 3.66. The zero-order chi connectivity index (χ0) is 13.8. The van der Waals surface area contributed by atoms with E-state index in [2.05, 4.69) is 10.6 Å². The topological polar surface area (TPSA) is 59.6 Å². The normalized spacial score (nSPS) is 25.4. The van der Waals surface area contributed by atoms with E-state index in [-0.39, 0.29) is 18.1 Å². The number of carbonyl (C=O) groups excluding carboxylic acids is 1. The van der Waals surface area contributed by atoms with Crippen LogP contribution in [0.25, 0.3) is 0 Å². The number of fused-ring (bicyclic) bond motifs is 1. The molecule has 2 heterocycles. The van der Waals surface area contributed by atoms with Gasteiger partial charge >= 0.3 is 0 Å². The first-order chi connectivity index (χ1) is 9.81. The number of nitrogens with one attached hydrogen (secondary N) is 2. The second-order valence-electron chi connectivity index (χ2n) is 5.29. The average molecular weight is 276 g/mol. The molecule has 1 aromatic carbocycles. The molecule has 2 N–H and O–H groups in total. The zero-order valence-electron chi connectivity index (χ0n) is 11.4. The summed E-state index contributed by atoms with van der Waals surface area (Å²) in [4.78, 5) is 12.0. The van der Waals surface area contributed by atoms with E-state index in [1.165, 1.54) is 0 Å². The molecular formula is C15H20N2O3. The first kappa shape index (κ1) is 13.4. The van der Waals surface area contributed by atoms with Crippen molar-refractivity contribution in [3.63, 3.8) is 0 Å². The number of hydrogen-bond acceptors (Lipinski definition) is 4. The summed E-state index contributed by atoms with van der Waals surface area (Å²) in [6.45, 7) is 2.83. The Hall–Kier alpha value is -1.59. The molecule has 2 atom stereocenters. The van der Waals surface area contributed by atoms with Gasteiger partial charge in [0.15, 0.2) is 0 Å². The number of morpholine rings is 1. The molecule has 1 aromatic rings. The lowest BCUT2D eigenvalue weighted by molar-refractivity contribution is -0.125. The lowest BCUT2D eigenvalue weighted by Crippen LogP contribution is -2.46. The maximum atomic E-state index is 12.0. The summed E-state index contributed by atoms with van der Waals surface area (Å²) in [5.41, 5.74) is 1.15. The molecule has 0 bridgehead atoms. The molecule has 2 aliphatic heterocycles. The van der Waals surface area contributed by atoms with Crippen LogP contribution in [0.15, 0.2) is 24.3 Å². The number of carbonyl (C=O) groups is 1. The summed E-state index contributed by atoms with van der Waals surface area (Å²) in [5, 5.41) is 6.26. The molecule has 0 saturated carbocycles. The molecule has 0 spiro atoms. The van der Waals surface area contributed by atoms with Crippen molar-refractivity contribution in [2.75, 3.05) is 26.3 Å². The van der Waals surface area contributed by atoms with Gasteiger partial charge in [-0.1, -0.05) is 18.2 Å². The molecule has 0 aromatic heterocycles. The van der Waals surface area contributed by atoms with E-state index in [0.717, 1.165) is 30.8 Å². The fourth-order valence-corrected chi connectivity index (χ4v) is 2.66. The van der Waals surface area contributed by atoms with Gasteiger partial charge in [0, 0.05) is 13.1 Å². The monoisotopic (exact) mass is 276 g/mol. The van der Waals surface area contributed by atoms with Crippen LogP contribution in [-0.2, 0) is 16.0 Å². The van der Waals surface area contributed by atoms with Crippen molar-refractivity contribution in [1.29, 1.82) is 0 Å². The summed E-state index contributed by atoms with van der Waals surface area (Å²) < 4.78 is 11.2. The van der Waals surface area contributed by atoms with Crippen LogP contribution >= 0.6 is 0 Å². The van der Waals surface area contributed by atoms with Gasteiger partial charge in [0.2, 0.25) is 5.91 Å². The fraction of sp³-hybridized carbons (Fsp3) is 0.533. The first-order valence-electron chi connectivity index (χ1n) is 7.13. The van der Waals surface area contributed by atoms with Crippen molar-refractivity contribution >= 4 is 5.91 Å². The zero-order valence-corrected chi connectivity index (χ0v) is 11.4. The van der Waals surface area contributed by atoms with Crippen molar-refractivity contribution in [3.8, 4) is 5.75 Å². The highest BCUT2D eigenvalue weighted by atomic mass is 16.5. The Balaban J connectivity index is 1.50. The van der Waals surface area contributed by atoms with Crippen LogP contribution in [0.1, 0.15) is 12.0 Å². The van der Waals surface area contributed by atoms with Gasteiger partial charge in [-0.3, -0.25) is 4.79 Å². The molecule has 1 amide bonds. The fourth-order valence-electron chi connectivity index (χ4n) is 2.66. The van der Waals surface area contributed by atoms with Crippen molar-refractivity contribution in [2.45, 2.75) is 25.0 Å². The molecule has 0 radical (unpaired) electrons. The molecule has 2 unspecified atom stereocenters. The minimum absolute atomic E-state index is 0.0134. The second-order valence-corrected chi connectivity index (χ2v) is 5.29. The Kier molecular flexibility index (Phi) is 4.18. The Bertz CT molecular complexity index is 472. The largest absolute Gasteiger partial charge is 0.491 e. The third-order valence-corrected chi connectivity index (χ3v) is 3.66. The number of rotatable bonds is 3. The number of para-hydroxylation sites is 1. The summed E-state index contributed by atoms with van der Waals surface area (Å²) in [6.07, 6.45) is 1.22. The highest BCUT2D eigenvalue weighted by molar-refractivity contribution is 5.77. The van der Waals surface area contributed by atoms with E-state index in [9.17, 15) is 4.79 Å².